The lowest BCUT2D eigenvalue weighted by Gasteiger charge is -2.20. The fraction of sp³-hybridized carbons (Fsp3) is 0.550. The third kappa shape index (κ3) is 7.25. The molecule has 0 heterocycles. The second kappa shape index (κ2) is 10.6. The Kier molecular flexibility index (Phi) is 8.12. The third-order valence-electron chi connectivity index (χ3n) is 4.52. The molecule has 2 rings (SSSR count). The number of esters is 1. The van der Waals surface area contributed by atoms with Gasteiger partial charge in [0.2, 0.25) is 5.91 Å². The highest BCUT2D eigenvalue weighted by molar-refractivity contribution is 5.94. The summed E-state index contributed by atoms with van der Waals surface area (Å²) in [5.74, 6) is 0.337. The molecule has 0 spiro atoms. The summed E-state index contributed by atoms with van der Waals surface area (Å²) in [6.45, 7) is 2.34. The Bertz CT molecular complexity index is 624. The lowest BCUT2D eigenvalue weighted by molar-refractivity contribution is -0.131. The lowest BCUT2D eigenvalue weighted by Crippen LogP contribution is -2.31. The Balaban J connectivity index is 1.62. The lowest BCUT2D eigenvalue weighted by atomic mass is 9.87. The molecular formula is C20H28N2O4. The first-order valence-corrected chi connectivity index (χ1v) is 9.38. The van der Waals surface area contributed by atoms with Gasteiger partial charge in [0.15, 0.2) is 0 Å². The van der Waals surface area contributed by atoms with Gasteiger partial charge in [0, 0.05) is 32.0 Å². The van der Waals surface area contributed by atoms with Crippen molar-refractivity contribution >= 4 is 17.8 Å². The van der Waals surface area contributed by atoms with Gasteiger partial charge in [0.1, 0.15) is 5.75 Å². The van der Waals surface area contributed by atoms with Crippen molar-refractivity contribution in [2.75, 3.05) is 13.1 Å². The van der Waals surface area contributed by atoms with E-state index < -0.39 is 5.97 Å². The maximum Gasteiger partial charge on any atom is 0.308 e. The minimum absolute atomic E-state index is 0.109. The van der Waals surface area contributed by atoms with Crippen LogP contribution < -0.4 is 15.4 Å². The van der Waals surface area contributed by atoms with Crippen LogP contribution in [-0.4, -0.2) is 30.9 Å². The number of benzene rings is 1. The van der Waals surface area contributed by atoms with Crippen LogP contribution in [0.15, 0.2) is 24.3 Å². The second-order valence-electron chi connectivity index (χ2n) is 6.79. The molecule has 1 aromatic rings. The zero-order valence-electron chi connectivity index (χ0n) is 15.4. The van der Waals surface area contributed by atoms with Crippen molar-refractivity contribution in [3.63, 3.8) is 0 Å². The molecule has 0 saturated heterocycles. The molecule has 1 fully saturated rings. The molecule has 2 N–H and O–H groups in total. The SMILES string of the molecule is CC(=O)Oc1cccc(C(=O)NCCCNC(=O)CC2CCCCC2)c1. The number of hydrogen-bond acceptors (Lipinski definition) is 4. The van der Waals surface area contributed by atoms with Crippen LogP contribution >= 0.6 is 0 Å². The molecule has 0 aromatic heterocycles. The number of ether oxygens (including phenoxy) is 1. The molecule has 2 amide bonds. The second-order valence-corrected chi connectivity index (χ2v) is 6.79. The smallest absolute Gasteiger partial charge is 0.308 e. The largest absolute Gasteiger partial charge is 0.427 e. The number of amides is 2. The van der Waals surface area contributed by atoms with Gasteiger partial charge < -0.3 is 15.4 Å². The molecule has 0 radical (unpaired) electrons. The van der Waals surface area contributed by atoms with Crippen LogP contribution in [0.5, 0.6) is 5.75 Å². The van der Waals surface area contributed by atoms with Crippen LogP contribution in [0.1, 0.15) is 62.2 Å². The number of nitrogens with one attached hydrogen (secondary N) is 2. The van der Waals surface area contributed by atoms with Crippen molar-refractivity contribution in [1.29, 1.82) is 0 Å². The van der Waals surface area contributed by atoms with Gasteiger partial charge in [-0.15, -0.1) is 0 Å². The van der Waals surface area contributed by atoms with E-state index in [0.717, 1.165) is 12.8 Å². The topological polar surface area (TPSA) is 84.5 Å². The van der Waals surface area contributed by atoms with E-state index in [-0.39, 0.29) is 11.8 Å². The number of carbonyl (C=O) groups is 3. The van der Waals surface area contributed by atoms with Gasteiger partial charge >= 0.3 is 5.97 Å². The van der Waals surface area contributed by atoms with Crippen molar-refractivity contribution in [2.24, 2.45) is 5.92 Å². The zero-order chi connectivity index (χ0) is 18.8. The average Bonchev–Trinajstić information content (AvgIpc) is 2.61. The van der Waals surface area contributed by atoms with Crippen molar-refractivity contribution in [2.45, 2.75) is 51.9 Å². The predicted molar refractivity (Wildman–Crippen MR) is 98.9 cm³/mol. The van der Waals surface area contributed by atoms with Gasteiger partial charge in [0.05, 0.1) is 0 Å². The summed E-state index contributed by atoms with van der Waals surface area (Å²) in [6, 6.07) is 6.48. The number of rotatable bonds is 8. The molecule has 1 aromatic carbocycles. The molecule has 1 aliphatic carbocycles. The Morgan fingerprint density at radius 3 is 2.54 bits per heavy atom. The summed E-state index contributed by atoms with van der Waals surface area (Å²) in [7, 11) is 0. The van der Waals surface area contributed by atoms with E-state index in [1.54, 1.807) is 18.2 Å². The maximum atomic E-state index is 12.1. The molecule has 1 aliphatic rings. The minimum Gasteiger partial charge on any atom is -0.427 e. The molecule has 0 bridgehead atoms. The first kappa shape index (κ1) is 19.9. The molecule has 1 saturated carbocycles. The summed E-state index contributed by atoms with van der Waals surface area (Å²) in [6.07, 6.45) is 7.39. The van der Waals surface area contributed by atoms with E-state index in [1.807, 2.05) is 0 Å². The van der Waals surface area contributed by atoms with Gasteiger partial charge in [-0.1, -0.05) is 25.3 Å². The summed E-state index contributed by atoms with van der Waals surface area (Å²) in [5.41, 5.74) is 0.435. The summed E-state index contributed by atoms with van der Waals surface area (Å²) < 4.78 is 4.97. The van der Waals surface area contributed by atoms with E-state index in [1.165, 1.54) is 32.3 Å². The molecule has 0 unspecified atom stereocenters. The monoisotopic (exact) mass is 360 g/mol. The molecule has 6 nitrogen and oxygen atoms in total. The summed E-state index contributed by atoms with van der Waals surface area (Å²) in [4.78, 5) is 35.0. The van der Waals surface area contributed by atoms with Crippen LogP contribution in [0, 0.1) is 5.92 Å². The fourth-order valence-electron chi connectivity index (χ4n) is 3.21. The number of hydrogen-bond donors (Lipinski definition) is 2. The molecule has 0 aliphatic heterocycles. The standard InChI is InChI=1S/C20H28N2O4/c1-15(23)26-18-10-5-9-17(14-18)20(25)22-12-6-11-21-19(24)13-16-7-3-2-4-8-16/h5,9-10,14,16H,2-4,6-8,11-13H2,1H3,(H,21,24)(H,22,25). The first-order chi connectivity index (χ1) is 12.5. The van der Waals surface area contributed by atoms with Crippen molar-refractivity contribution in [3.05, 3.63) is 29.8 Å². The van der Waals surface area contributed by atoms with Gasteiger partial charge in [-0.3, -0.25) is 14.4 Å². The van der Waals surface area contributed by atoms with Crippen molar-refractivity contribution in [3.8, 4) is 5.75 Å². The fourth-order valence-corrected chi connectivity index (χ4v) is 3.21. The minimum atomic E-state index is -0.425. The van der Waals surface area contributed by atoms with Crippen molar-refractivity contribution < 1.29 is 19.1 Å². The number of carbonyl (C=O) groups excluding carboxylic acids is 3. The Morgan fingerprint density at radius 2 is 1.81 bits per heavy atom. The third-order valence-corrected chi connectivity index (χ3v) is 4.52. The Hall–Kier alpha value is -2.37. The van der Waals surface area contributed by atoms with Crippen LogP contribution in [0.3, 0.4) is 0 Å². The van der Waals surface area contributed by atoms with E-state index in [9.17, 15) is 14.4 Å². The van der Waals surface area contributed by atoms with Gasteiger partial charge in [-0.05, 0) is 43.4 Å². The first-order valence-electron chi connectivity index (χ1n) is 9.38. The van der Waals surface area contributed by atoms with Crippen molar-refractivity contribution in [1.82, 2.24) is 10.6 Å². The Labute approximate surface area is 154 Å². The van der Waals surface area contributed by atoms with E-state index in [0.29, 0.717) is 43.2 Å². The maximum absolute atomic E-state index is 12.1. The quantitative estimate of drug-likeness (QED) is 0.424. The highest BCUT2D eigenvalue weighted by atomic mass is 16.5. The summed E-state index contributed by atoms with van der Waals surface area (Å²) in [5, 5.41) is 5.73. The van der Waals surface area contributed by atoms with Gasteiger partial charge in [0.25, 0.3) is 5.91 Å². The normalized spacial score (nSPS) is 14.5. The van der Waals surface area contributed by atoms with Crippen LogP contribution in [0.4, 0.5) is 0 Å². The van der Waals surface area contributed by atoms with Crippen LogP contribution in [0.2, 0.25) is 0 Å². The molecule has 26 heavy (non-hydrogen) atoms. The Morgan fingerprint density at radius 1 is 1.08 bits per heavy atom. The highest BCUT2D eigenvalue weighted by Crippen LogP contribution is 2.25. The molecular weight excluding hydrogens is 332 g/mol. The average molecular weight is 360 g/mol. The molecule has 142 valence electrons. The van der Waals surface area contributed by atoms with Crippen LogP contribution in [-0.2, 0) is 9.59 Å². The van der Waals surface area contributed by atoms with E-state index in [4.69, 9.17) is 4.74 Å². The van der Waals surface area contributed by atoms with Gasteiger partial charge in [-0.2, -0.15) is 0 Å². The zero-order valence-corrected chi connectivity index (χ0v) is 15.4. The summed E-state index contributed by atoms with van der Waals surface area (Å²) >= 11 is 0. The molecule has 6 heteroatoms. The van der Waals surface area contributed by atoms with E-state index >= 15 is 0 Å². The van der Waals surface area contributed by atoms with E-state index in [2.05, 4.69) is 10.6 Å². The highest BCUT2D eigenvalue weighted by Gasteiger charge is 2.16. The van der Waals surface area contributed by atoms with Crippen LogP contribution in [0.25, 0.3) is 0 Å². The van der Waals surface area contributed by atoms with Gasteiger partial charge in [-0.25, -0.2) is 0 Å². The predicted octanol–water partition coefficient (Wildman–Crippen LogP) is 2.82. The molecule has 0 atom stereocenters.